The number of hydrogen-bond donors (Lipinski definition) is 0. The van der Waals surface area contributed by atoms with E-state index in [1.807, 2.05) is 0 Å². The Hall–Kier alpha value is -2.02. The van der Waals surface area contributed by atoms with Crippen LogP contribution in [0.2, 0.25) is 0 Å². The topological polar surface area (TPSA) is 88.6 Å². The molecule has 0 radical (unpaired) electrons. The smallest absolute Gasteiger partial charge is 0.261 e. The third kappa shape index (κ3) is 4.51. The first-order valence-electron chi connectivity index (χ1n) is 10.8. The van der Waals surface area contributed by atoms with Crippen molar-refractivity contribution < 1.29 is 22.8 Å². The highest BCUT2D eigenvalue weighted by atomic mass is 32.2. The Bertz CT molecular complexity index is 956. The van der Waals surface area contributed by atoms with Crippen LogP contribution < -0.4 is 0 Å². The molecular weight excluding hydrogens is 402 g/mol. The molecule has 0 N–H and O–H groups in total. The molecule has 3 rings (SSSR count). The molecule has 1 aromatic carbocycles. The van der Waals surface area contributed by atoms with E-state index in [2.05, 4.69) is 0 Å². The van der Waals surface area contributed by atoms with Crippen LogP contribution in [0, 0.1) is 11.8 Å². The van der Waals surface area contributed by atoms with Crippen molar-refractivity contribution in [2.24, 2.45) is 11.8 Å². The van der Waals surface area contributed by atoms with Gasteiger partial charge in [-0.05, 0) is 77.0 Å². The minimum atomic E-state index is -3.06. The largest absolute Gasteiger partial charge is 0.299 e. The van der Waals surface area contributed by atoms with Gasteiger partial charge in [-0.15, -0.1) is 0 Å². The van der Waals surface area contributed by atoms with E-state index in [1.165, 1.54) is 4.90 Å². The molecule has 164 valence electrons. The Balaban J connectivity index is 1.61. The maximum Gasteiger partial charge on any atom is 0.261 e. The van der Waals surface area contributed by atoms with Crippen LogP contribution in [-0.2, 0) is 21.1 Å². The molecule has 0 unspecified atom stereocenters. The number of amides is 2. The van der Waals surface area contributed by atoms with Gasteiger partial charge in [0.2, 0.25) is 0 Å². The van der Waals surface area contributed by atoms with Gasteiger partial charge < -0.3 is 0 Å². The summed E-state index contributed by atoms with van der Waals surface area (Å²) in [6.07, 6.45) is 3.16. The molecule has 0 spiro atoms. The lowest BCUT2D eigenvalue weighted by Crippen LogP contribution is -2.35. The molecular formula is C23H31NO5S. The lowest BCUT2D eigenvalue weighted by Gasteiger charge is -2.28. The Kier molecular flexibility index (Phi) is 6.51. The number of Topliss-reactive ketones (excluding diaryl/α,β-unsaturated/α-hetero) is 1. The van der Waals surface area contributed by atoms with E-state index in [0.717, 1.165) is 18.4 Å². The van der Waals surface area contributed by atoms with Crippen molar-refractivity contribution in [3.05, 3.63) is 34.9 Å². The van der Waals surface area contributed by atoms with Crippen molar-refractivity contribution >= 4 is 27.4 Å². The molecule has 0 bridgehead atoms. The number of ketones is 1. The highest BCUT2D eigenvalue weighted by Crippen LogP contribution is 2.32. The van der Waals surface area contributed by atoms with Crippen LogP contribution in [0.5, 0.6) is 0 Å². The van der Waals surface area contributed by atoms with Crippen LogP contribution in [0.15, 0.2) is 18.2 Å². The summed E-state index contributed by atoms with van der Waals surface area (Å²) in [4.78, 5) is 39.0. The van der Waals surface area contributed by atoms with Crippen molar-refractivity contribution in [1.29, 1.82) is 0 Å². The highest BCUT2D eigenvalue weighted by Gasteiger charge is 2.37. The second kappa shape index (κ2) is 8.61. The third-order valence-corrected chi connectivity index (χ3v) is 8.74. The zero-order chi connectivity index (χ0) is 22.2. The lowest BCUT2D eigenvalue weighted by atomic mass is 9.79. The minimum Gasteiger partial charge on any atom is -0.299 e. The molecule has 0 saturated heterocycles. The number of sulfone groups is 1. The Labute approximate surface area is 178 Å². The number of rotatable bonds is 7. The van der Waals surface area contributed by atoms with Gasteiger partial charge in [0.1, 0.15) is 5.78 Å². The van der Waals surface area contributed by atoms with Crippen molar-refractivity contribution in [2.45, 2.75) is 71.1 Å². The molecule has 1 aliphatic heterocycles. The first kappa shape index (κ1) is 22.7. The summed E-state index contributed by atoms with van der Waals surface area (Å²) in [7, 11) is -3.06. The van der Waals surface area contributed by atoms with Crippen molar-refractivity contribution in [2.75, 3.05) is 5.75 Å². The summed E-state index contributed by atoms with van der Waals surface area (Å²) < 4.78 is 24.3. The molecule has 2 amide bonds. The van der Waals surface area contributed by atoms with Gasteiger partial charge in [0, 0.05) is 18.4 Å². The molecule has 1 fully saturated rings. The van der Waals surface area contributed by atoms with Crippen molar-refractivity contribution in [3.63, 3.8) is 0 Å². The lowest BCUT2D eigenvalue weighted by molar-refractivity contribution is -0.123. The summed E-state index contributed by atoms with van der Waals surface area (Å²) in [5.74, 6) is -0.187. The van der Waals surface area contributed by atoms with E-state index >= 15 is 0 Å². The fourth-order valence-corrected chi connectivity index (χ4v) is 5.78. The average Bonchev–Trinajstić information content (AvgIpc) is 2.92. The molecule has 1 aromatic rings. The van der Waals surface area contributed by atoms with E-state index in [9.17, 15) is 22.8 Å². The van der Waals surface area contributed by atoms with E-state index in [-0.39, 0.29) is 52.9 Å². The normalized spacial score (nSPS) is 22.1. The zero-order valence-electron chi connectivity index (χ0n) is 18.2. The molecule has 30 heavy (non-hydrogen) atoms. The Morgan fingerprint density at radius 2 is 1.60 bits per heavy atom. The fourth-order valence-electron chi connectivity index (χ4n) is 4.40. The van der Waals surface area contributed by atoms with Crippen LogP contribution in [0.25, 0.3) is 0 Å². The monoisotopic (exact) mass is 433 g/mol. The molecule has 1 aliphatic carbocycles. The molecule has 1 heterocycles. The first-order chi connectivity index (χ1) is 14.0. The van der Waals surface area contributed by atoms with Gasteiger partial charge >= 0.3 is 0 Å². The van der Waals surface area contributed by atoms with Gasteiger partial charge in [-0.25, -0.2) is 8.42 Å². The Morgan fingerprint density at radius 3 is 2.17 bits per heavy atom. The number of imide groups is 1. The van der Waals surface area contributed by atoms with E-state index in [4.69, 9.17) is 0 Å². The number of carbonyl (C=O) groups is 3. The van der Waals surface area contributed by atoms with Gasteiger partial charge in [-0.1, -0.05) is 6.07 Å². The van der Waals surface area contributed by atoms with Gasteiger partial charge in [0.05, 0.1) is 22.1 Å². The van der Waals surface area contributed by atoms with Crippen LogP contribution in [0.4, 0.5) is 0 Å². The minimum absolute atomic E-state index is 0.0687. The van der Waals surface area contributed by atoms with E-state index in [0.29, 0.717) is 24.0 Å². The number of carbonyl (C=O) groups excluding carboxylic acids is 3. The predicted molar refractivity (Wildman–Crippen MR) is 115 cm³/mol. The molecule has 2 aliphatic rings. The van der Waals surface area contributed by atoms with Crippen LogP contribution in [-0.4, -0.2) is 48.0 Å². The van der Waals surface area contributed by atoms with Crippen LogP contribution >= 0.6 is 0 Å². The Morgan fingerprint density at radius 1 is 1.00 bits per heavy atom. The average molecular weight is 434 g/mol. The van der Waals surface area contributed by atoms with Crippen molar-refractivity contribution in [3.8, 4) is 0 Å². The molecule has 7 heteroatoms. The molecule has 6 nitrogen and oxygen atoms in total. The van der Waals surface area contributed by atoms with E-state index < -0.39 is 9.84 Å². The fraction of sp³-hybridized carbons (Fsp3) is 0.609. The quantitative estimate of drug-likeness (QED) is 0.615. The number of hydrogen-bond acceptors (Lipinski definition) is 5. The summed E-state index contributed by atoms with van der Waals surface area (Å²) in [5.41, 5.74) is 1.52. The number of fused-ring (bicyclic) bond motifs is 1. The maximum atomic E-state index is 12.8. The third-order valence-electron chi connectivity index (χ3n) is 6.37. The first-order valence-corrected chi connectivity index (χ1v) is 12.5. The number of benzene rings is 1. The summed E-state index contributed by atoms with van der Waals surface area (Å²) in [6, 6.07) is 4.87. The highest BCUT2D eigenvalue weighted by molar-refractivity contribution is 7.91. The molecule has 0 aromatic heterocycles. The van der Waals surface area contributed by atoms with Crippen LogP contribution in [0.3, 0.4) is 0 Å². The SMILES string of the molecule is CC(C)N1C(=O)c2ccc(CC(=O)C3CCC(CS(=O)(=O)C(C)C)CC3)cc2C1=O. The maximum absolute atomic E-state index is 12.8. The van der Waals surface area contributed by atoms with Gasteiger partial charge in [0.15, 0.2) is 9.84 Å². The number of nitrogens with zero attached hydrogens (tertiary/aromatic N) is 1. The zero-order valence-corrected chi connectivity index (χ0v) is 19.0. The summed E-state index contributed by atoms with van der Waals surface area (Å²) >= 11 is 0. The van der Waals surface area contributed by atoms with Gasteiger partial charge in [0.25, 0.3) is 11.8 Å². The van der Waals surface area contributed by atoms with E-state index in [1.54, 1.807) is 45.9 Å². The second-order valence-electron chi connectivity index (χ2n) is 9.19. The van der Waals surface area contributed by atoms with Gasteiger partial charge in [-0.2, -0.15) is 0 Å². The van der Waals surface area contributed by atoms with Gasteiger partial charge in [-0.3, -0.25) is 19.3 Å². The summed E-state index contributed by atoms with van der Waals surface area (Å²) in [6.45, 7) is 7.02. The summed E-state index contributed by atoms with van der Waals surface area (Å²) in [5, 5.41) is -0.363. The van der Waals surface area contributed by atoms with Crippen molar-refractivity contribution in [1.82, 2.24) is 4.90 Å². The standard InChI is InChI=1S/C23H31NO5S/c1-14(2)24-22(26)19-10-7-17(11-20(19)23(24)27)12-21(25)18-8-5-16(6-9-18)13-30(28,29)15(3)4/h7,10-11,14-16,18H,5-6,8-9,12-13H2,1-4H3. The molecule has 1 saturated carbocycles. The van der Waals surface area contributed by atoms with Crippen LogP contribution in [0.1, 0.15) is 79.7 Å². The second-order valence-corrected chi connectivity index (χ2v) is 11.8. The predicted octanol–water partition coefficient (Wildman–Crippen LogP) is 3.43. The molecule has 0 atom stereocenters.